The molecule has 0 radical (unpaired) electrons. The first-order chi connectivity index (χ1) is 6.84. The molecule has 1 aromatic heterocycles. The first kappa shape index (κ1) is 8.12. The van der Waals surface area contributed by atoms with Crippen LogP contribution in [-0.4, -0.2) is 18.1 Å². The number of halogens is 1. The summed E-state index contributed by atoms with van der Waals surface area (Å²) in [7, 11) is 0. The van der Waals surface area contributed by atoms with E-state index in [4.69, 9.17) is 0 Å². The molecule has 0 amide bonds. The Kier molecular flexibility index (Phi) is 1.67. The zero-order valence-corrected chi connectivity index (χ0v) is 7.70. The smallest absolute Gasteiger partial charge is 0.142 e. The molecule has 0 unspecified atom stereocenters. The van der Waals surface area contributed by atoms with Crippen molar-refractivity contribution >= 4 is 5.57 Å². The lowest BCUT2D eigenvalue weighted by molar-refractivity contribution is 0.562. The zero-order chi connectivity index (χ0) is 9.54. The van der Waals surface area contributed by atoms with E-state index in [0.29, 0.717) is 11.8 Å². The van der Waals surface area contributed by atoms with Gasteiger partial charge >= 0.3 is 0 Å². The fraction of sp³-hybridized carbons (Fsp3) is 0.364. The summed E-state index contributed by atoms with van der Waals surface area (Å²) in [4.78, 5) is 3.87. The van der Waals surface area contributed by atoms with Crippen molar-refractivity contribution in [3.63, 3.8) is 0 Å². The molecule has 2 nitrogen and oxygen atoms in total. The number of nitrogens with one attached hydrogen (secondary N) is 1. The van der Waals surface area contributed by atoms with Gasteiger partial charge in [0.2, 0.25) is 0 Å². The van der Waals surface area contributed by atoms with Crippen LogP contribution in [0.3, 0.4) is 0 Å². The molecular weight excluding hydrogens is 179 g/mol. The topological polar surface area (TPSA) is 24.9 Å². The Morgan fingerprint density at radius 3 is 3.07 bits per heavy atom. The average molecular weight is 190 g/mol. The number of pyridine rings is 1. The van der Waals surface area contributed by atoms with Crippen molar-refractivity contribution in [3.8, 4) is 0 Å². The van der Waals surface area contributed by atoms with Gasteiger partial charge < -0.3 is 5.32 Å². The molecular formula is C11H11FN2. The van der Waals surface area contributed by atoms with Gasteiger partial charge in [0.05, 0.1) is 6.20 Å². The fourth-order valence-electron chi connectivity index (χ4n) is 2.33. The highest BCUT2D eigenvalue weighted by atomic mass is 19.1. The molecule has 1 saturated heterocycles. The molecule has 0 saturated carbocycles. The Bertz CT molecular complexity index is 400. The van der Waals surface area contributed by atoms with Crippen LogP contribution in [0, 0.1) is 17.7 Å². The maximum atomic E-state index is 12.9. The SMILES string of the molecule is Fc1cncc(C2=C[C@@H]3CNC[C@H]23)c1. The summed E-state index contributed by atoms with van der Waals surface area (Å²) >= 11 is 0. The number of aromatic nitrogens is 1. The quantitative estimate of drug-likeness (QED) is 0.725. The second-order valence-electron chi connectivity index (χ2n) is 3.94. The molecule has 1 aliphatic carbocycles. The molecule has 2 atom stereocenters. The lowest BCUT2D eigenvalue weighted by Gasteiger charge is -2.29. The summed E-state index contributed by atoms with van der Waals surface area (Å²) in [6.07, 6.45) is 5.21. The van der Waals surface area contributed by atoms with E-state index in [1.54, 1.807) is 12.3 Å². The fourth-order valence-corrected chi connectivity index (χ4v) is 2.33. The van der Waals surface area contributed by atoms with Crippen molar-refractivity contribution in [3.05, 3.63) is 35.9 Å². The van der Waals surface area contributed by atoms with Crippen molar-refractivity contribution < 1.29 is 4.39 Å². The zero-order valence-electron chi connectivity index (χ0n) is 7.70. The maximum Gasteiger partial charge on any atom is 0.142 e. The Morgan fingerprint density at radius 2 is 2.29 bits per heavy atom. The van der Waals surface area contributed by atoms with E-state index in [-0.39, 0.29) is 5.82 Å². The van der Waals surface area contributed by atoms with E-state index in [0.717, 1.165) is 18.7 Å². The Hall–Kier alpha value is -1.22. The lowest BCUT2D eigenvalue weighted by Crippen LogP contribution is -2.22. The number of nitrogens with zero attached hydrogens (tertiary/aromatic N) is 1. The van der Waals surface area contributed by atoms with Crippen molar-refractivity contribution in [1.82, 2.24) is 10.3 Å². The van der Waals surface area contributed by atoms with Gasteiger partial charge in [-0.15, -0.1) is 0 Å². The van der Waals surface area contributed by atoms with Crippen LogP contribution in [0.25, 0.3) is 5.57 Å². The van der Waals surface area contributed by atoms with Gasteiger partial charge in [-0.1, -0.05) is 6.08 Å². The molecule has 2 aliphatic rings. The van der Waals surface area contributed by atoms with Gasteiger partial charge in [-0.05, 0) is 23.1 Å². The van der Waals surface area contributed by atoms with E-state index in [1.807, 2.05) is 0 Å². The number of hydrogen-bond donors (Lipinski definition) is 1. The van der Waals surface area contributed by atoms with E-state index in [1.165, 1.54) is 11.8 Å². The molecule has 14 heavy (non-hydrogen) atoms. The van der Waals surface area contributed by atoms with E-state index in [9.17, 15) is 4.39 Å². The van der Waals surface area contributed by atoms with Gasteiger partial charge in [0.1, 0.15) is 5.82 Å². The van der Waals surface area contributed by atoms with Crippen LogP contribution >= 0.6 is 0 Å². The first-order valence-corrected chi connectivity index (χ1v) is 4.88. The minimum atomic E-state index is -0.252. The van der Waals surface area contributed by atoms with Crippen LogP contribution in [0.4, 0.5) is 4.39 Å². The number of hydrogen-bond acceptors (Lipinski definition) is 2. The summed E-state index contributed by atoms with van der Waals surface area (Å²) in [5, 5.41) is 3.33. The molecule has 2 heterocycles. The van der Waals surface area contributed by atoms with Gasteiger partial charge in [0.25, 0.3) is 0 Å². The first-order valence-electron chi connectivity index (χ1n) is 4.88. The number of fused-ring (bicyclic) bond motifs is 1. The number of rotatable bonds is 1. The standard InChI is InChI=1S/C11H11FN2/c12-9-1-7(3-13-5-9)10-2-8-4-14-6-11(8)10/h1-3,5,8,11,14H,4,6H2/t8-,11+/m1/s1. The van der Waals surface area contributed by atoms with Gasteiger partial charge in [0, 0.05) is 25.2 Å². The summed E-state index contributed by atoms with van der Waals surface area (Å²) in [6.45, 7) is 2.09. The van der Waals surface area contributed by atoms with Crippen LogP contribution in [-0.2, 0) is 0 Å². The molecule has 3 rings (SSSR count). The van der Waals surface area contributed by atoms with Crippen LogP contribution in [0.15, 0.2) is 24.5 Å². The highest BCUT2D eigenvalue weighted by Gasteiger charge is 2.36. The second kappa shape index (κ2) is 2.89. The Labute approximate surface area is 81.9 Å². The third kappa shape index (κ3) is 1.09. The molecule has 1 fully saturated rings. The molecule has 1 N–H and O–H groups in total. The predicted molar refractivity (Wildman–Crippen MR) is 52.0 cm³/mol. The lowest BCUT2D eigenvalue weighted by atomic mass is 9.74. The Morgan fingerprint density at radius 1 is 1.36 bits per heavy atom. The normalized spacial score (nSPS) is 29.4. The highest BCUT2D eigenvalue weighted by molar-refractivity contribution is 5.73. The summed E-state index contributed by atoms with van der Waals surface area (Å²) in [5.41, 5.74) is 2.20. The summed E-state index contributed by atoms with van der Waals surface area (Å²) in [5.74, 6) is 0.990. The molecule has 0 spiro atoms. The van der Waals surface area contributed by atoms with E-state index >= 15 is 0 Å². The minimum Gasteiger partial charge on any atom is -0.315 e. The molecule has 0 bridgehead atoms. The van der Waals surface area contributed by atoms with Crippen LogP contribution in [0.5, 0.6) is 0 Å². The van der Waals surface area contributed by atoms with E-state index < -0.39 is 0 Å². The third-order valence-electron chi connectivity index (χ3n) is 3.09. The van der Waals surface area contributed by atoms with Gasteiger partial charge in [0.15, 0.2) is 0 Å². The van der Waals surface area contributed by atoms with Crippen LogP contribution < -0.4 is 5.32 Å². The molecule has 0 aromatic carbocycles. The van der Waals surface area contributed by atoms with Crippen molar-refractivity contribution in [2.45, 2.75) is 0 Å². The van der Waals surface area contributed by atoms with Crippen LogP contribution in [0.1, 0.15) is 5.56 Å². The van der Waals surface area contributed by atoms with Crippen molar-refractivity contribution in [1.29, 1.82) is 0 Å². The van der Waals surface area contributed by atoms with Gasteiger partial charge in [-0.2, -0.15) is 0 Å². The minimum absolute atomic E-state index is 0.252. The van der Waals surface area contributed by atoms with E-state index in [2.05, 4.69) is 16.4 Å². The highest BCUT2D eigenvalue weighted by Crippen LogP contribution is 2.42. The largest absolute Gasteiger partial charge is 0.315 e. The molecule has 1 aromatic rings. The van der Waals surface area contributed by atoms with Crippen molar-refractivity contribution in [2.24, 2.45) is 11.8 Å². The monoisotopic (exact) mass is 190 g/mol. The van der Waals surface area contributed by atoms with Gasteiger partial charge in [-0.3, -0.25) is 4.98 Å². The molecule has 1 aliphatic heterocycles. The molecule has 72 valence electrons. The molecule has 3 heteroatoms. The summed E-state index contributed by atoms with van der Waals surface area (Å²) < 4.78 is 12.9. The van der Waals surface area contributed by atoms with Gasteiger partial charge in [-0.25, -0.2) is 4.39 Å². The second-order valence-corrected chi connectivity index (χ2v) is 3.94. The maximum absolute atomic E-state index is 12.9. The van der Waals surface area contributed by atoms with Crippen molar-refractivity contribution in [2.75, 3.05) is 13.1 Å². The Balaban J connectivity index is 1.94. The average Bonchev–Trinajstić information content (AvgIpc) is 2.48. The van der Waals surface area contributed by atoms with Crippen LogP contribution in [0.2, 0.25) is 0 Å². The predicted octanol–water partition coefficient (Wildman–Crippen LogP) is 1.45. The summed E-state index contributed by atoms with van der Waals surface area (Å²) in [6, 6.07) is 1.56. The third-order valence-corrected chi connectivity index (χ3v) is 3.09.